The third-order valence-electron chi connectivity index (χ3n) is 2.32. The second-order valence-electron chi connectivity index (χ2n) is 3.04. The topological polar surface area (TPSA) is 24.1 Å². The van der Waals surface area contributed by atoms with Crippen LogP contribution >= 0.6 is 0 Å². The van der Waals surface area contributed by atoms with Crippen LogP contribution in [0.15, 0.2) is 0 Å². The lowest BCUT2D eigenvalue weighted by atomic mass is 10.0. The van der Waals surface area contributed by atoms with E-state index in [1.54, 1.807) is 0 Å². The zero-order valence-corrected chi connectivity index (χ0v) is 6.98. The summed E-state index contributed by atoms with van der Waals surface area (Å²) in [5, 5.41) is 6.80. The summed E-state index contributed by atoms with van der Waals surface area (Å²) in [5.74, 6) is 0. The standard InChI is InChI=1S/C8H18N2/c1-3-7-5-4-6-8(9-2)10-7/h7-10H,3-6H2,1-2H3. The number of hydrogen-bond donors (Lipinski definition) is 2. The van der Waals surface area contributed by atoms with Gasteiger partial charge in [-0.15, -0.1) is 0 Å². The van der Waals surface area contributed by atoms with Crippen molar-refractivity contribution in [2.45, 2.75) is 44.8 Å². The van der Waals surface area contributed by atoms with Gasteiger partial charge in [-0.3, -0.25) is 5.32 Å². The molecule has 0 amide bonds. The van der Waals surface area contributed by atoms with Crippen LogP contribution in [0.1, 0.15) is 32.6 Å². The summed E-state index contributed by atoms with van der Waals surface area (Å²) in [7, 11) is 2.02. The normalized spacial score (nSPS) is 34.2. The van der Waals surface area contributed by atoms with E-state index in [1.807, 2.05) is 7.05 Å². The second kappa shape index (κ2) is 3.94. The molecule has 2 atom stereocenters. The van der Waals surface area contributed by atoms with Gasteiger partial charge >= 0.3 is 0 Å². The van der Waals surface area contributed by atoms with Crippen LogP contribution in [-0.4, -0.2) is 19.3 Å². The molecule has 0 aliphatic carbocycles. The van der Waals surface area contributed by atoms with E-state index in [1.165, 1.54) is 25.7 Å². The first-order valence-electron chi connectivity index (χ1n) is 4.30. The summed E-state index contributed by atoms with van der Waals surface area (Å²) in [4.78, 5) is 0. The van der Waals surface area contributed by atoms with Crippen molar-refractivity contribution in [2.75, 3.05) is 7.05 Å². The van der Waals surface area contributed by atoms with Gasteiger partial charge in [0.15, 0.2) is 0 Å². The summed E-state index contributed by atoms with van der Waals surface area (Å²) in [6.45, 7) is 2.25. The quantitative estimate of drug-likeness (QED) is 0.603. The summed E-state index contributed by atoms with van der Waals surface area (Å²) < 4.78 is 0. The zero-order chi connectivity index (χ0) is 7.40. The lowest BCUT2D eigenvalue weighted by Crippen LogP contribution is -2.48. The van der Waals surface area contributed by atoms with Crippen molar-refractivity contribution in [2.24, 2.45) is 0 Å². The van der Waals surface area contributed by atoms with Gasteiger partial charge in [0.2, 0.25) is 0 Å². The lowest BCUT2D eigenvalue weighted by molar-refractivity contribution is 0.288. The predicted octanol–water partition coefficient (Wildman–Crippen LogP) is 1.08. The lowest BCUT2D eigenvalue weighted by Gasteiger charge is -2.29. The smallest absolute Gasteiger partial charge is 0.0571 e. The Morgan fingerprint density at radius 3 is 2.90 bits per heavy atom. The van der Waals surface area contributed by atoms with Crippen molar-refractivity contribution in [3.8, 4) is 0 Å². The minimum atomic E-state index is 0.568. The second-order valence-corrected chi connectivity index (χ2v) is 3.04. The molecule has 1 heterocycles. The number of nitrogens with one attached hydrogen (secondary N) is 2. The van der Waals surface area contributed by atoms with Crippen LogP contribution in [0.25, 0.3) is 0 Å². The Morgan fingerprint density at radius 1 is 1.50 bits per heavy atom. The van der Waals surface area contributed by atoms with Crippen LogP contribution in [0.4, 0.5) is 0 Å². The summed E-state index contributed by atoms with van der Waals surface area (Å²) in [5.41, 5.74) is 0. The van der Waals surface area contributed by atoms with Crippen molar-refractivity contribution >= 4 is 0 Å². The summed E-state index contributed by atoms with van der Waals surface area (Å²) in [6, 6.07) is 0.756. The van der Waals surface area contributed by atoms with Gasteiger partial charge in [-0.05, 0) is 32.7 Å². The molecule has 1 saturated heterocycles. The Morgan fingerprint density at radius 2 is 2.30 bits per heavy atom. The molecule has 1 aliphatic rings. The van der Waals surface area contributed by atoms with Gasteiger partial charge in [-0.25, -0.2) is 0 Å². The average Bonchev–Trinajstić information content (AvgIpc) is 2.05. The van der Waals surface area contributed by atoms with Crippen molar-refractivity contribution in [1.82, 2.24) is 10.6 Å². The molecule has 0 aromatic heterocycles. The molecule has 2 nitrogen and oxygen atoms in total. The molecule has 2 unspecified atom stereocenters. The molecule has 2 heteroatoms. The molecule has 1 aliphatic heterocycles. The maximum atomic E-state index is 3.54. The Hall–Kier alpha value is -0.0800. The van der Waals surface area contributed by atoms with E-state index in [2.05, 4.69) is 17.6 Å². The first-order chi connectivity index (χ1) is 4.86. The third-order valence-corrected chi connectivity index (χ3v) is 2.32. The Bertz CT molecular complexity index is 83.3. The van der Waals surface area contributed by atoms with Gasteiger partial charge < -0.3 is 5.32 Å². The maximum Gasteiger partial charge on any atom is 0.0571 e. The van der Waals surface area contributed by atoms with E-state index in [0.717, 1.165) is 6.04 Å². The molecule has 0 radical (unpaired) electrons. The largest absolute Gasteiger partial charge is 0.305 e. The number of rotatable bonds is 2. The third kappa shape index (κ3) is 1.96. The van der Waals surface area contributed by atoms with E-state index < -0.39 is 0 Å². The van der Waals surface area contributed by atoms with E-state index in [9.17, 15) is 0 Å². The average molecular weight is 142 g/mol. The molecule has 0 bridgehead atoms. The molecule has 2 N–H and O–H groups in total. The van der Waals surface area contributed by atoms with E-state index in [-0.39, 0.29) is 0 Å². The Labute approximate surface area is 63.4 Å². The molecule has 0 saturated carbocycles. The van der Waals surface area contributed by atoms with Gasteiger partial charge in [0, 0.05) is 6.04 Å². The molecule has 10 heavy (non-hydrogen) atoms. The first kappa shape index (κ1) is 8.02. The van der Waals surface area contributed by atoms with Gasteiger partial charge in [-0.1, -0.05) is 6.92 Å². The number of piperidine rings is 1. The molecule has 1 rings (SSSR count). The number of hydrogen-bond acceptors (Lipinski definition) is 2. The minimum absolute atomic E-state index is 0.568. The fourth-order valence-electron chi connectivity index (χ4n) is 1.57. The highest BCUT2D eigenvalue weighted by molar-refractivity contribution is 4.76. The van der Waals surface area contributed by atoms with E-state index in [0.29, 0.717) is 6.17 Å². The van der Waals surface area contributed by atoms with Crippen LogP contribution in [0.2, 0.25) is 0 Å². The molecular weight excluding hydrogens is 124 g/mol. The maximum absolute atomic E-state index is 3.54. The molecule has 0 spiro atoms. The monoisotopic (exact) mass is 142 g/mol. The summed E-state index contributed by atoms with van der Waals surface area (Å²) >= 11 is 0. The Balaban J connectivity index is 2.25. The van der Waals surface area contributed by atoms with Crippen molar-refractivity contribution in [1.29, 1.82) is 0 Å². The van der Waals surface area contributed by atoms with Crippen LogP contribution in [0.5, 0.6) is 0 Å². The molecular formula is C8H18N2. The zero-order valence-electron chi connectivity index (χ0n) is 6.98. The molecule has 60 valence electrons. The van der Waals surface area contributed by atoms with Crippen molar-refractivity contribution in [3.05, 3.63) is 0 Å². The van der Waals surface area contributed by atoms with Crippen LogP contribution in [-0.2, 0) is 0 Å². The Kier molecular flexibility index (Phi) is 3.16. The van der Waals surface area contributed by atoms with E-state index in [4.69, 9.17) is 0 Å². The molecule has 0 aromatic rings. The first-order valence-corrected chi connectivity index (χ1v) is 4.30. The van der Waals surface area contributed by atoms with Gasteiger partial charge in [-0.2, -0.15) is 0 Å². The fourth-order valence-corrected chi connectivity index (χ4v) is 1.57. The molecule has 1 fully saturated rings. The SMILES string of the molecule is CCC1CCCC(NC)N1. The van der Waals surface area contributed by atoms with E-state index >= 15 is 0 Å². The van der Waals surface area contributed by atoms with Crippen molar-refractivity contribution < 1.29 is 0 Å². The summed E-state index contributed by atoms with van der Waals surface area (Å²) in [6.07, 6.45) is 5.84. The van der Waals surface area contributed by atoms with Gasteiger partial charge in [0.05, 0.1) is 6.17 Å². The fraction of sp³-hybridized carbons (Fsp3) is 1.00. The van der Waals surface area contributed by atoms with Gasteiger partial charge in [0.1, 0.15) is 0 Å². The highest BCUT2D eigenvalue weighted by Crippen LogP contribution is 2.12. The van der Waals surface area contributed by atoms with Crippen LogP contribution in [0, 0.1) is 0 Å². The van der Waals surface area contributed by atoms with Crippen LogP contribution in [0.3, 0.4) is 0 Å². The van der Waals surface area contributed by atoms with Gasteiger partial charge in [0.25, 0.3) is 0 Å². The predicted molar refractivity (Wildman–Crippen MR) is 43.9 cm³/mol. The minimum Gasteiger partial charge on any atom is -0.305 e. The van der Waals surface area contributed by atoms with Crippen LogP contribution < -0.4 is 10.6 Å². The van der Waals surface area contributed by atoms with Crippen molar-refractivity contribution in [3.63, 3.8) is 0 Å². The highest BCUT2D eigenvalue weighted by Gasteiger charge is 2.16. The molecule has 0 aromatic carbocycles. The highest BCUT2D eigenvalue weighted by atomic mass is 15.1.